The molecule has 0 saturated carbocycles. The highest BCUT2D eigenvalue weighted by Gasteiger charge is 2.42. The molecule has 2 fully saturated rings. The fraction of sp³-hybridized carbons (Fsp3) is 0.938. The van der Waals surface area contributed by atoms with Crippen LogP contribution in [0.15, 0.2) is 0 Å². The Hall–Kier alpha value is -0.610. The van der Waals surface area contributed by atoms with E-state index in [1.807, 2.05) is 0 Å². The van der Waals surface area contributed by atoms with E-state index in [0.29, 0.717) is 12.0 Å². The monoisotopic (exact) mass is 282 g/mol. The van der Waals surface area contributed by atoms with Crippen LogP contribution in [0.2, 0.25) is 0 Å². The maximum Gasteiger partial charge on any atom is 0.326 e. The van der Waals surface area contributed by atoms with Crippen molar-refractivity contribution in [1.82, 2.24) is 10.2 Å². The van der Waals surface area contributed by atoms with Crippen LogP contribution in [-0.4, -0.2) is 49.2 Å². The van der Waals surface area contributed by atoms with Crippen molar-refractivity contribution in [1.29, 1.82) is 0 Å². The third-order valence-corrected chi connectivity index (χ3v) is 5.09. The number of likely N-dealkylation sites (tertiary alicyclic amines) is 1. The van der Waals surface area contributed by atoms with E-state index in [1.165, 1.54) is 39.5 Å². The highest BCUT2D eigenvalue weighted by Crippen LogP contribution is 2.32. The lowest BCUT2D eigenvalue weighted by Gasteiger charge is -2.41. The average molecular weight is 282 g/mol. The van der Waals surface area contributed by atoms with E-state index in [9.17, 15) is 4.79 Å². The van der Waals surface area contributed by atoms with Gasteiger partial charge in [-0.25, -0.2) is 0 Å². The van der Waals surface area contributed by atoms with Crippen LogP contribution < -0.4 is 5.32 Å². The molecule has 2 aliphatic rings. The van der Waals surface area contributed by atoms with Gasteiger partial charge in [0.25, 0.3) is 0 Å². The molecule has 2 rings (SSSR count). The van der Waals surface area contributed by atoms with Crippen LogP contribution in [-0.2, 0) is 9.53 Å². The first kappa shape index (κ1) is 15.8. The molecule has 1 atom stereocenters. The zero-order valence-electron chi connectivity index (χ0n) is 13.3. The van der Waals surface area contributed by atoms with E-state index in [1.54, 1.807) is 0 Å². The second kappa shape index (κ2) is 6.90. The number of hydrogen-bond acceptors (Lipinski definition) is 4. The molecule has 1 N–H and O–H groups in total. The van der Waals surface area contributed by atoms with Crippen LogP contribution in [0.25, 0.3) is 0 Å². The fourth-order valence-electron chi connectivity index (χ4n) is 3.76. The minimum Gasteiger partial charge on any atom is -0.468 e. The van der Waals surface area contributed by atoms with Crippen molar-refractivity contribution in [2.24, 2.45) is 5.92 Å². The van der Waals surface area contributed by atoms with Crippen LogP contribution in [0.5, 0.6) is 0 Å². The van der Waals surface area contributed by atoms with Gasteiger partial charge in [-0.1, -0.05) is 0 Å². The van der Waals surface area contributed by atoms with Crippen molar-refractivity contribution >= 4 is 5.97 Å². The predicted molar refractivity (Wildman–Crippen MR) is 80.7 cm³/mol. The molecule has 116 valence electrons. The molecule has 0 aliphatic carbocycles. The second-order valence-corrected chi connectivity index (χ2v) is 6.73. The number of carbonyl (C=O) groups is 1. The number of nitrogens with one attached hydrogen (secondary N) is 1. The van der Waals surface area contributed by atoms with Crippen molar-refractivity contribution in [3.8, 4) is 0 Å². The third kappa shape index (κ3) is 3.53. The molecule has 0 spiro atoms. The number of rotatable bonds is 4. The van der Waals surface area contributed by atoms with Gasteiger partial charge in [0.15, 0.2) is 0 Å². The Bertz CT molecular complexity index is 316. The first-order chi connectivity index (χ1) is 9.57. The standard InChI is InChI=1S/C16H30N2O2/c1-13(2)18-10-6-14(7-11-18)12-16(15(19)20-3)8-4-5-9-17-16/h13-14,17H,4-12H2,1-3H3. The number of ether oxygens (including phenoxy) is 1. The van der Waals surface area contributed by atoms with Crippen LogP contribution in [0, 0.1) is 5.92 Å². The van der Waals surface area contributed by atoms with Gasteiger partial charge < -0.3 is 15.0 Å². The van der Waals surface area contributed by atoms with Crippen LogP contribution in [0.1, 0.15) is 52.4 Å². The van der Waals surface area contributed by atoms with E-state index >= 15 is 0 Å². The van der Waals surface area contributed by atoms with Crippen LogP contribution >= 0.6 is 0 Å². The van der Waals surface area contributed by atoms with Gasteiger partial charge in [-0.2, -0.15) is 0 Å². The summed E-state index contributed by atoms with van der Waals surface area (Å²) >= 11 is 0. The molecule has 2 heterocycles. The molecule has 20 heavy (non-hydrogen) atoms. The van der Waals surface area contributed by atoms with E-state index in [0.717, 1.165) is 25.8 Å². The highest BCUT2D eigenvalue weighted by molar-refractivity contribution is 5.80. The smallest absolute Gasteiger partial charge is 0.326 e. The molecule has 1 unspecified atom stereocenters. The van der Waals surface area contributed by atoms with E-state index in [4.69, 9.17) is 4.74 Å². The zero-order valence-corrected chi connectivity index (χ0v) is 13.3. The number of hydrogen-bond donors (Lipinski definition) is 1. The molecule has 0 radical (unpaired) electrons. The number of nitrogens with zero attached hydrogens (tertiary/aromatic N) is 1. The summed E-state index contributed by atoms with van der Waals surface area (Å²) in [5.41, 5.74) is -0.405. The maximum atomic E-state index is 12.2. The van der Waals surface area contributed by atoms with Gasteiger partial charge in [-0.15, -0.1) is 0 Å². The van der Waals surface area contributed by atoms with Gasteiger partial charge in [0.2, 0.25) is 0 Å². The quantitative estimate of drug-likeness (QED) is 0.803. The van der Waals surface area contributed by atoms with Gasteiger partial charge in [-0.05, 0) is 77.9 Å². The Kier molecular flexibility index (Phi) is 5.44. The van der Waals surface area contributed by atoms with E-state index in [2.05, 4.69) is 24.1 Å². The summed E-state index contributed by atoms with van der Waals surface area (Å²) in [6.07, 6.45) is 6.60. The van der Waals surface area contributed by atoms with Gasteiger partial charge in [0.1, 0.15) is 5.54 Å². The van der Waals surface area contributed by atoms with Gasteiger partial charge in [0, 0.05) is 6.04 Å². The summed E-state index contributed by atoms with van der Waals surface area (Å²) < 4.78 is 5.08. The van der Waals surface area contributed by atoms with Crippen molar-refractivity contribution in [3.05, 3.63) is 0 Å². The first-order valence-corrected chi connectivity index (χ1v) is 8.15. The van der Waals surface area contributed by atoms with E-state index < -0.39 is 5.54 Å². The Morgan fingerprint density at radius 3 is 2.55 bits per heavy atom. The molecule has 0 aromatic heterocycles. The predicted octanol–water partition coefficient (Wildman–Crippen LogP) is 2.18. The SMILES string of the molecule is COC(=O)C1(CC2CCN(C(C)C)CC2)CCCCN1. The van der Waals surface area contributed by atoms with Crippen LogP contribution in [0.4, 0.5) is 0 Å². The first-order valence-electron chi connectivity index (χ1n) is 8.15. The minimum atomic E-state index is -0.405. The summed E-state index contributed by atoms with van der Waals surface area (Å²) in [7, 11) is 1.52. The lowest BCUT2D eigenvalue weighted by molar-refractivity contribution is -0.151. The lowest BCUT2D eigenvalue weighted by Crippen LogP contribution is -2.56. The Morgan fingerprint density at radius 1 is 1.35 bits per heavy atom. The molecule has 0 aromatic carbocycles. The normalized spacial score (nSPS) is 29.6. The fourth-order valence-corrected chi connectivity index (χ4v) is 3.76. The summed E-state index contributed by atoms with van der Waals surface area (Å²) in [5, 5.41) is 3.48. The molecule has 2 aliphatic heterocycles. The molecule has 0 bridgehead atoms. The van der Waals surface area contributed by atoms with Gasteiger partial charge in [0.05, 0.1) is 7.11 Å². The molecule has 0 amide bonds. The summed E-state index contributed by atoms with van der Waals surface area (Å²) in [5.74, 6) is 0.596. The van der Waals surface area contributed by atoms with E-state index in [-0.39, 0.29) is 5.97 Å². The van der Waals surface area contributed by atoms with Crippen molar-refractivity contribution in [3.63, 3.8) is 0 Å². The van der Waals surface area contributed by atoms with Crippen molar-refractivity contribution in [2.45, 2.75) is 64.0 Å². The Labute approximate surface area is 123 Å². The zero-order chi connectivity index (χ0) is 14.6. The lowest BCUT2D eigenvalue weighted by atomic mass is 9.77. The second-order valence-electron chi connectivity index (χ2n) is 6.73. The maximum absolute atomic E-state index is 12.2. The van der Waals surface area contributed by atoms with Crippen molar-refractivity contribution in [2.75, 3.05) is 26.7 Å². The minimum absolute atomic E-state index is 0.0523. The topological polar surface area (TPSA) is 41.6 Å². The van der Waals surface area contributed by atoms with Gasteiger partial charge >= 0.3 is 5.97 Å². The summed E-state index contributed by atoms with van der Waals surface area (Å²) in [6.45, 7) is 7.80. The molecule has 4 heteroatoms. The molecule has 4 nitrogen and oxygen atoms in total. The number of carbonyl (C=O) groups excluding carboxylic acids is 1. The largest absolute Gasteiger partial charge is 0.468 e. The Balaban J connectivity index is 1.94. The molecular formula is C16H30N2O2. The molecule has 2 saturated heterocycles. The number of piperidine rings is 2. The third-order valence-electron chi connectivity index (χ3n) is 5.09. The van der Waals surface area contributed by atoms with Crippen LogP contribution in [0.3, 0.4) is 0 Å². The Morgan fingerprint density at radius 2 is 2.05 bits per heavy atom. The summed E-state index contributed by atoms with van der Waals surface area (Å²) in [4.78, 5) is 14.8. The van der Waals surface area contributed by atoms with Crippen molar-refractivity contribution < 1.29 is 9.53 Å². The molecule has 0 aromatic rings. The molecular weight excluding hydrogens is 252 g/mol. The summed E-state index contributed by atoms with van der Waals surface area (Å²) in [6, 6.07) is 0.637. The highest BCUT2D eigenvalue weighted by atomic mass is 16.5. The van der Waals surface area contributed by atoms with Gasteiger partial charge in [-0.3, -0.25) is 4.79 Å². The average Bonchev–Trinajstić information content (AvgIpc) is 2.48. The number of esters is 1. The number of methoxy groups -OCH3 is 1.